The van der Waals surface area contributed by atoms with E-state index in [-0.39, 0.29) is 0 Å². The van der Waals surface area contributed by atoms with E-state index in [0.29, 0.717) is 0 Å². The van der Waals surface area contributed by atoms with Gasteiger partial charge in [-0.15, -0.1) is 5.11 Å². The van der Waals surface area contributed by atoms with Gasteiger partial charge in [0.15, 0.2) is 6.54 Å². The Morgan fingerprint density at radius 3 is 2.44 bits per heavy atom. The Hall–Kier alpha value is -1.26. The fourth-order valence-electron chi connectivity index (χ4n) is 0.195. The van der Waals surface area contributed by atoms with Gasteiger partial charge in [-0.3, -0.25) is 9.59 Å². The first-order valence-electron chi connectivity index (χ1n) is 2.23. The second kappa shape index (κ2) is 3.71. The zero-order valence-corrected chi connectivity index (χ0v) is 4.87. The molecule has 0 atom stereocenters. The molecular weight excluding hydrogens is 124 g/mol. The first-order chi connectivity index (χ1) is 4.13. The summed E-state index contributed by atoms with van der Waals surface area (Å²) in [5.41, 5.74) is 0. The molecule has 1 N–H and O–H groups in total. The highest BCUT2D eigenvalue weighted by Crippen LogP contribution is 1.76. The number of hydrogen-bond acceptors (Lipinski definition) is 3. The van der Waals surface area contributed by atoms with E-state index in [9.17, 15) is 9.59 Å². The maximum atomic E-state index is 9.97. The summed E-state index contributed by atoms with van der Waals surface area (Å²) in [6.45, 7) is 0.755. The summed E-state index contributed by atoms with van der Waals surface area (Å²) < 4.78 is 0. The van der Waals surface area contributed by atoms with E-state index in [0.717, 1.165) is 0 Å². The zero-order valence-electron chi connectivity index (χ0n) is 4.87. The summed E-state index contributed by atoms with van der Waals surface area (Å²) >= 11 is 0. The van der Waals surface area contributed by atoms with E-state index < -0.39 is 18.4 Å². The van der Waals surface area contributed by atoms with Crippen molar-refractivity contribution in [1.29, 1.82) is 0 Å². The van der Waals surface area contributed by atoms with Gasteiger partial charge in [0, 0.05) is 6.92 Å². The van der Waals surface area contributed by atoms with E-state index in [1.165, 1.54) is 6.92 Å². The molecular formula is C4H6N2O3. The Balaban J connectivity index is 3.48. The largest absolute Gasteiger partial charge is 0.480 e. The van der Waals surface area contributed by atoms with E-state index in [4.69, 9.17) is 5.11 Å². The van der Waals surface area contributed by atoms with Gasteiger partial charge in [-0.05, 0) is 0 Å². The van der Waals surface area contributed by atoms with Crippen LogP contribution >= 0.6 is 0 Å². The molecule has 5 nitrogen and oxygen atoms in total. The molecule has 0 aliphatic rings. The monoisotopic (exact) mass is 130 g/mol. The fraction of sp³-hybridized carbons (Fsp3) is 0.500. The quantitative estimate of drug-likeness (QED) is 0.537. The Labute approximate surface area is 51.4 Å². The highest BCUT2D eigenvalue weighted by molar-refractivity contribution is 5.74. The second-order valence-corrected chi connectivity index (χ2v) is 1.31. The predicted molar refractivity (Wildman–Crippen MR) is 28.0 cm³/mol. The van der Waals surface area contributed by atoms with E-state index in [1.54, 1.807) is 0 Å². The molecule has 0 bridgehead atoms. The molecule has 0 saturated heterocycles. The molecule has 0 spiro atoms. The van der Waals surface area contributed by atoms with Crippen molar-refractivity contribution < 1.29 is 14.7 Å². The number of hydrogen-bond donors (Lipinski definition) is 1. The van der Waals surface area contributed by atoms with Crippen LogP contribution < -0.4 is 0 Å². The van der Waals surface area contributed by atoms with Crippen LogP contribution in [0.4, 0.5) is 0 Å². The van der Waals surface area contributed by atoms with Crippen molar-refractivity contribution in [3.05, 3.63) is 0 Å². The van der Waals surface area contributed by atoms with Gasteiger partial charge in [-0.2, -0.15) is 5.11 Å². The minimum Gasteiger partial charge on any atom is -0.480 e. The highest BCUT2D eigenvalue weighted by atomic mass is 16.4. The smallest absolute Gasteiger partial charge is 0.327 e. The van der Waals surface area contributed by atoms with Gasteiger partial charge < -0.3 is 5.11 Å². The third-order valence-corrected chi connectivity index (χ3v) is 0.418. The number of carboxylic acids is 1. The Kier molecular flexibility index (Phi) is 3.19. The number of rotatable bonds is 2. The first-order valence-corrected chi connectivity index (χ1v) is 2.23. The predicted octanol–water partition coefficient (Wildman–Crippen LogP) is 0.0697. The molecule has 0 aromatic carbocycles. The summed E-state index contributed by atoms with van der Waals surface area (Å²) in [5.74, 6) is -1.59. The number of amides is 1. The van der Waals surface area contributed by atoms with Gasteiger partial charge in [-0.25, -0.2) is 0 Å². The van der Waals surface area contributed by atoms with E-state index >= 15 is 0 Å². The second-order valence-electron chi connectivity index (χ2n) is 1.31. The molecule has 0 aromatic heterocycles. The number of azo groups is 1. The van der Waals surface area contributed by atoms with Crippen molar-refractivity contribution >= 4 is 11.9 Å². The van der Waals surface area contributed by atoms with Crippen LogP contribution in [-0.4, -0.2) is 23.5 Å². The molecule has 0 aromatic rings. The fourth-order valence-corrected chi connectivity index (χ4v) is 0.195. The van der Waals surface area contributed by atoms with Gasteiger partial charge in [0.1, 0.15) is 0 Å². The number of carbonyl (C=O) groups is 2. The van der Waals surface area contributed by atoms with E-state index in [2.05, 4.69) is 10.2 Å². The Morgan fingerprint density at radius 2 is 2.11 bits per heavy atom. The average Bonchev–Trinajstić information content (AvgIpc) is 1.63. The lowest BCUT2D eigenvalue weighted by atomic mass is 10.7. The number of carboxylic acid groups (broad SMARTS) is 1. The van der Waals surface area contributed by atoms with Crippen molar-refractivity contribution in [3.63, 3.8) is 0 Å². The van der Waals surface area contributed by atoms with Crippen LogP contribution in [0.5, 0.6) is 0 Å². The number of nitrogens with zero attached hydrogens (tertiary/aromatic N) is 2. The van der Waals surface area contributed by atoms with Crippen LogP contribution in [0.2, 0.25) is 0 Å². The van der Waals surface area contributed by atoms with Crippen molar-refractivity contribution in [2.75, 3.05) is 6.54 Å². The minimum atomic E-state index is -1.10. The maximum Gasteiger partial charge on any atom is 0.327 e. The molecule has 9 heavy (non-hydrogen) atoms. The molecule has 50 valence electrons. The summed E-state index contributed by atoms with van der Waals surface area (Å²) in [6.07, 6.45) is 0. The highest BCUT2D eigenvalue weighted by Gasteiger charge is 1.91. The van der Waals surface area contributed by atoms with Crippen LogP contribution in [0.3, 0.4) is 0 Å². The lowest BCUT2D eigenvalue weighted by Gasteiger charge is -1.79. The van der Waals surface area contributed by atoms with Crippen LogP contribution in [0, 0.1) is 0 Å². The zero-order chi connectivity index (χ0) is 7.28. The lowest BCUT2D eigenvalue weighted by Crippen LogP contribution is -1.98. The maximum absolute atomic E-state index is 9.97. The summed E-state index contributed by atoms with van der Waals surface area (Å²) in [7, 11) is 0. The summed E-state index contributed by atoms with van der Waals surface area (Å²) in [5, 5.41) is 14.0. The standard InChI is InChI=1S/C4H6N2O3/c1-3(7)6-5-2-4(8)9/h2H2,1H3,(H,8,9). The van der Waals surface area contributed by atoms with Gasteiger partial charge >= 0.3 is 5.97 Å². The van der Waals surface area contributed by atoms with Crippen LogP contribution in [-0.2, 0) is 9.59 Å². The molecule has 1 amide bonds. The summed E-state index contributed by atoms with van der Waals surface area (Å²) in [6, 6.07) is 0. The SMILES string of the molecule is CC(=O)N=NCC(=O)O. The van der Waals surface area contributed by atoms with Crippen molar-refractivity contribution in [3.8, 4) is 0 Å². The molecule has 5 heteroatoms. The average molecular weight is 130 g/mol. The number of aliphatic carboxylic acids is 1. The third-order valence-electron chi connectivity index (χ3n) is 0.418. The Bertz CT molecular complexity index is 152. The molecule has 0 aliphatic carbocycles. The van der Waals surface area contributed by atoms with Gasteiger partial charge in [0.25, 0.3) is 5.91 Å². The van der Waals surface area contributed by atoms with Gasteiger partial charge in [0.2, 0.25) is 0 Å². The third kappa shape index (κ3) is 6.74. The molecule has 0 saturated carbocycles. The molecule has 0 heterocycles. The van der Waals surface area contributed by atoms with Gasteiger partial charge in [-0.1, -0.05) is 0 Å². The lowest BCUT2D eigenvalue weighted by molar-refractivity contribution is -0.135. The molecule has 0 aliphatic heterocycles. The van der Waals surface area contributed by atoms with E-state index in [1.807, 2.05) is 0 Å². The molecule has 0 unspecified atom stereocenters. The minimum absolute atomic E-state index is 0.445. The van der Waals surface area contributed by atoms with Gasteiger partial charge in [0.05, 0.1) is 0 Å². The Morgan fingerprint density at radius 1 is 1.56 bits per heavy atom. The molecule has 0 fully saturated rings. The topological polar surface area (TPSA) is 79.1 Å². The molecule has 0 rings (SSSR count). The van der Waals surface area contributed by atoms with Crippen molar-refractivity contribution in [2.24, 2.45) is 10.2 Å². The normalized spacial score (nSPS) is 9.89. The van der Waals surface area contributed by atoms with Crippen LogP contribution in [0.1, 0.15) is 6.92 Å². The van der Waals surface area contributed by atoms with Crippen molar-refractivity contribution in [2.45, 2.75) is 6.92 Å². The summed E-state index contributed by atoms with van der Waals surface area (Å²) in [4.78, 5) is 19.7. The van der Waals surface area contributed by atoms with Crippen LogP contribution in [0.15, 0.2) is 10.2 Å². The first kappa shape index (κ1) is 7.74. The van der Waals surface area contributed by atoms with Crippen molar-refractivity contribution in [1.82, 2.24) is 0 Å². The number of carbonyl (C=O) groups excluding carboxylic acids is 1. The van der Waals surface area contributed by atoms with Crippen LogP contribution in [0.25, 0.3) is 0 Å². The molecule has 0 radical (unpaired) electrons.